The van der Waals surface area contributed by atoms with Crippen LogP contribution in [0.15, 0.2) is 17.5 Å². The molecular weight excluding hydrogens is 182 g/mol. The quantitative estimate of drug-likeness (QED) is 0.675. The van der Waals surface area contributed by atoms with Gasteiger partial charge in [0.1, 0.15) is 0 Å². The summed E-state index contributed by atoms with van der Waals surface area (Å²) in [5.74, 6) is 0.235. The van der Waals surface area contributed by atoms with E-state index in [2.05, 4.69) is 18.7 Å². The molecule has 1 aromatic heterocycles. The lowest BCUT2D eigenvalue weighted by Crippen LogP contribution is -2.29. The summed E-state index contributed by atoms with van der Waals surface area (Å²) in [6.07, 6.45) is 0. The Balaban J connectivity index is 2.50. The van der Waals surface area contributed by atoms with Crippen molar-refractivity contribution < 1.29 is 4.79 Å². The van der Waals surface area contributed by atoms with Crippen LogP contribution >= 0.6 is 11.3 Å². The maximum absolute atomic E-state index is 11.6. The van der Waals surface area contributed by atoms with Crippen LogP contribution < -0.4 is 0 Å². The SMILES string of the molecule is CCN(CC)CC(=O)c1cccs1. The molecule has 0 saturated carbocycles. The van der Waals surface area contributed by atoms with Gasteiger partial charge in [0.15, 0.2) is 5.78 Å². The number of likely N-dealkylation sites (N-methyl/N-ethyl adjacent to an activating group) is 1. The molecule has 3 heteroatoms. The van der Waals surface area contributed by atoms with Crippen LogP contribution in [0.2, 0.25) is 0 Å². The Kier molecular flexibility index (Phi) is 4.12. The molecule has 0 fully saturated rings. The largest absolute Gasteiger partial charge is 0.296 e. The Labute approximate surface area is 83.2 Å². The molecule has 1 heterocycles. The van der Waals surface area contributed by atoms with Gasteiger partial charge in [-0.1, -0.05) is 19.9 Å². The highest BCUT2D eigenvalue weighted by Gasteiger charge is 2.09. The summed E-state index contributed by atoms with van der Waals surface area (Å²) in [6, 6.07) is 3.80. The summed E-state index contributed by atoms with van der Waals surface area (Å²) in [5.41, 5.74) is 0. The van der Waals surface area contributed by atoms with Crippen molar-refractivity contribution in [2.24, 2.45) is 0 Å². The monoisotopic (exact) mass is 197 g/mol. The second kappa shape index (κ2) is 5.14. The van der Waals surface area contributed by atoms with Gasteiger partial charge in [-0.2, -0.15) is 0 Å². The first-order valence-electron chi connectivity index (χ1n) is 4.57. The number of carbonyl (C=O) groups is 1. The molecule has 0 aliphatic carbocycles. The highest BCUT2D eigenvalue weighted by Crippen LogP contribution is 2.09. The number of hydrogen-bond donors (Lipinski definition) is 0. The predicted molar refractivity (Wildman–Crippen MR) is 56.4 cm³/mol. The summed E-state index contributed by atoms with van der Waals surface area (Å²) in [5, 5.41) is 1.94. The van der Waals surface area contributed by atoms with Gasteiger partial charge in [0.05, 0.1) is 11.4 Å². The van der Waals surface area contributed by atoms with E-state index in [1.807, 2.05) is 17.5 Å². The average molecular weight is 197 g/mol. The summed E-state index contributed by atoms with van der Waals surface area (Å²) in [7, 11) is 0. The third kappa shape index (κ3) is 2.94. The number of hydrogen-bond acceptors (Lipinski definition) is 3. The lowest BCUT2D eigenvalue weighted by atomic mass is 10.3. The zero-order valence-electron chi connectivity index (χ0n) is 8.12. The van der Waals surface area contributed by atoms with Crippen molar-refractivity contribution >= 4 is 17.1 Å². The van der Waals surface area contributed by atoms with Crippen molar-refractivity contribution in [2.45, 2.75) is 13.8 Å². The van der Waals surface area contributed by atoms with Crippen molar-refractivity contribution in [1.82, 2.24) is 4.90 Å². The number of thiophene rings is 1. The fraction of sp³-hybridized carbons (Fsp3) is 0.500. The van der Waals surface area contributed by atoms with Gasteiger partial charge in [0.25, 0.3) is 0 Å². The molecule has 0 aromatic carbocycles. The molecular formula is C10H15NOS. The molecule has 1 aromatic rings. The Morgan fingerprint density at radius 3 is 2.62 bits per heavy atom. The second-order valence-electron chi connectivity index (χ2n) is 2.86. The number of ketones is 1. The Morgan fingerprint density at radius 2 is 2.15 bits per heavy atom. The predicted octanol–water partition coefficient (Wildman–Crippen LogP) is 2.27. The van der Waals surface area contributed by atoms with Crippen LogP contribution in [-0.4, -0.2) is 30.3 Å². The van der Waals surface area contributed by atoms with E-state index in [0.717, 1.165) is 18.0 Å². The number of carbonyl (C=O) groups excluding carboxylic acids is 1. The average Bonchev–Trinajstić information content (AvgIpc) is 2.66. The molecule has 0 N–H and O–H groups in total. The van der Waals surface area contributed by atoms with E-state index in [1.165, 1.54) is 11.3 Å². The van der Waals surface area contributed by atoms with Crippen molar-refractivity contribution in [3.05, 3.63) is 22.4 Å². The smallest absolute Gasteiger partial charge is 0.186 e. The third-order valence-electron chi connectivity index (χ3n) is 2.06. The molecule has 0 unspecified atom stereocenters. The first kappa shape index (κ1) is 10.4. The number of Topliss-reactive ketones (excluding diaryl/α,β-unsaturated/α-hetero) is 1. The maximum atomic E-state index is 11.6. The van der Waals surface area contributed by atoms with Crippen LogP contribution in [-0.2, 0) is 0 Å². The van der Waals surface area contributed by atoms with E-state index in [9.17, 15) is 4.79 Å². The van der Waals surface area contributed by atoms with Gasteiger partial charge in [0, 0.05) is 0 Å². The number of nitrogens with zero attached hydrogens (tertiary/aromatic N) is 1. The molecule has 0 atom stereocenters. The molecule has 0 bridgehead atoms. The minimum atomic E-state index is 0.235. The van der Waals surface area contributed by atoms with Gasteiger partial charge >= 0.3 is 0 Å². The van der Waals surface area contributed by atoms with E-state index >= 15 is 0 Å². The highest BCUT2D eigenvalue weighted by molar-refractivity contribution is 7.12. The van der Waals surface area contributed by atoms with E-state index in [0.29, 0.717) is 6.54 Å². The van der Waals surface area contributed by atoms with Crippen LogP contribution in [0.1, 0.15) is 23.5 Å². The van der Waals surface area contributed by atoms with Crippen LogP contribution in [0.25, 0.3) is 0 Å². The van der Waals surface area contributed by atoms with Crippen molar-refractivity contribution in [2.75, 3.05) is 19.6 Å². The molecule has 0 aliphatic rings. The molecule has 2 nitrogen and oxygen atoms in total. The lowest BCUT2D eigenvalue weighted by Gasteiger charge is -2.15. The van der Waals surface area contributed by atoms with Crippen LogP contribution in [0.5, 0.6) is 0 Å². The molecule has 13 heavy (non-hydrogen) atoms. The third-order valence-corrected chi connectivity index (χ3v) is 2.97. The molecule has 72 valence electrons. The van der Waals surface area contributed by atoms with Gasteiger partial charge in [-0.05, 0) is 24.5 Å². The second-order valence-corrected chi connectivity index (χ2v) is 3.81. The molecule has 0 radical (unpaired) electrons. The normalized spacial score (nSPS) is 10.7. The van der Waals surface area contributed by atoms with Crippen LogP contribution in [0.4, 0.5) is 0 Å². The van der Waals surface area contributed by atoms with Gasteiger partial charge < -0.3 is 0 Å². The Morgan fingerprint density at radius 1 is 1.46 bits per heavy atom. The summed E-state index contributed by atoms with van der Waals surface area (Å²) in [6.45, 7) is 6.57. The van der Waals surface area contributed by atoms with E-state index < -0.39 is 0 Å². The zero-order valence-corrected chi connectivity index (χ0v) is 8.93. The van der Waals surface area contributed by atoms with Crippen LogP contribution in [0.3, 0.4) is 0 Å². The first-order chi connectivity index (χ1) is 6.27. The Bertz CT molecular complexity index is 252. The maximum Gasteiger partial charge on any atom is 0.186 e. The van der Waals surface area contributed by atoms with E-state index in [1.54, 1.807) is 0 Å². The Hall–Kier alpha value is -0.670. The van der Waals surface area contributed by atoms with E-state index in [4.69, 9.17) is 0 Å². The molecule has 1 rings (SSSR count). The van der Waals surface area contributed by atoms with Crippen molar-refractivity contribution in [3.63, 3.8) is 0 Å². The molecule has 0 aliphatic heterocycles. The zero-order chi connectivity index (χ0) is 9.68. The van der Waals surface area contributed by atoms with Gasteiger partial charge in [-0.3, -0.25) is 9.69 Å². The summed E-state index contributed by atoms with van der Waals surface area (Å²) >= 11 is 1.52. The highest BCUT2D eigenvalue weighted by atomic mass is 32.1. The van der Waals surface area contributed by atoms with Crippen molar-refractivity contribution in [1.29, 1.82) is 0 Å². The molecule has 0 amide bonds. The fourth-order valence-corrected chi connectivity index (χ4v) is 1.82. The van der Waals surface area contributed by atoms with Crippen molar-refractivity contribution in [3.8, 4) is 0 Å². The topological polar surface area (TPSA) is 20.3 Å². The molecule has 0 saturated heterocycles. The molecule has 0 spiro atoms. The van der Waals surface area contributed by atoms with E-state index in [-0.39, 0.29) is 5.78 Å². The van der Waals surface area contributed by atoms with Crippen LogP contribution in [0, 0.1) is 0 Å². The fourth-order valence-electron chi connectivity index (χ4n) is 1.17. The standard InChI is InChI=1S/C10H15NOS/c1-3-11(4-2)8-9(12)10-6-5-7-13-10/h5-7H,3-4,8H2,1-2H3. The minimum absolute atomic E-state index is 0.235. The summed E-state index contributed by atoms with van der Waals surface area (Å²) in [4.78, 5) is 14.6. The lowest BCUT2D eigenvalue weighted by molar-refractivity contribution is 0.0941. The van der Waals surface area contributed by atoms with Gasteiger partial charge in [-0.15, -0.1) is 11.3 Å². The summed E-state index contributed by atoms with van der Waals surface area (Å²) < 4.78 is 0. The number of rotatable bonds is 5. The van der Waals surface area contributed by atoms with Gasteiger partial charge in [-0.25, -0.2) is 0 Å². The minimum Gasteiger partial charge on any atom is -0.296 e. The first-order valence-corrected chi connectivity index (χ1v) is 5.45. The van der Waals surface area contributed by atoms with Gasteiger partial charge in [0.2, 0.25) is 0 Å².